The van der Waals surface area contributed by atoms with Gasteiger partial charge in [-0.15, -0.1) is 0 Å². The van der Waals surface area contributed by atoms with Crippen LogP contribution in [0.3, 0.4) is 0 Å². The average molecular weight is 216 g/mol. The smallest absolute Gasteiger partial charge is 0.198 e. The molecule has 0 amide bonds. The summed E-state index contributed by atoms with van der Waals surface area (Å²) in [5.41, 5.74) is -0.325. The van der Waals surface area contributed by atoms with Gasteiger partial charge in [0, 0.05) is 5.56 Å². The molecule has 0 radical (unpaired) electrons. The first kappa shape index (κ1) is 9.70. The van der Waals surface area contributed by atoms with Crippen molar-refractivity contribution in [1.29, 1.82) is 0 Å². The van der Waals surface area contributed by atoms with E-state index < -0.39 is 28.8 Å². The summed E-state index contributed by atoms with van der Waals surface area (Å²) in [7, 11) is 0. The Morgan fingerprint density at radius 1 is 1.00 bits per heavy atom. The second-order valence-electron chi connectivity index (χ2n) is 2.81. The molecule has 0 aliphatic heterocycles. The molecule has 0 saturated carbocycles. The van der Waals surface area contributed by atoms with Gasteiger partial charge in [-0.2, -0.15) is 0 Å². The lowest BCUT2D eigenvalue weighted by Gasteiger charge is -2.03. The van der Waals surface area contributed by atoms with E-state index in [1.165, 1.54) is 12.5 Å². The molecule has 0 fully saturated rings. The third-order valence-electron chi connectivity index (χ3n) is 1.89. The molecule has 15 heavy (non-hydrogen) atoms. The molecule has 0 aliphatic rings. The molecule has 1 heterocycles. The number of rotatable bonds is 1. The molecule has 6 heteroatoms. The van der Waals surface area contributed by atoms with Crippen molar-refractivity contribution >= 4 is 0 Å². The van der Waals surface area contributed by atoms with Crippen molar-refractivity contribution in [2.75, 3.05) is 0 Å². The highest BCUT2D eigenvalue weighted by Crippen LogP contribution is 2.25. The van der Waals surface area contributed by atoms with Gasteiger partial charge in [0.1, 0.15) is 0 Å². The molecule has 1 aromatic heterocycles. The van der Waals surface area contributed by atoms with Crippen LogP contribution in [-0.2, 0) is 0 Å². The van der Waals surface area contributed by atoms with E-state index in [0.29, 0.717) is 6.07 Å². The van der Waals surface area contributed by atoms with Crippen molar-refractivity contribution in [2.45, 2.75) is 0 Å². The molecule has 0 unspecified atom stereocenters. The topological polar surface area (TPSA) is 28.7 Å². The molecule has 78 valence electrons. The Morgan fingerprint density at radius 3 is 2.33 bits per heavy atom. The Kier molecular flexibility index (Phi) is 2.18. The van der Waals surface area contributed by atoms with Gasteiger partial charge in [0.25, 0.3) is 0 Å². The molecule has 2 rings (SSSR count). The number of aromatic nitrogens is 2. The number of nitrogens with zero attached hydrogens (tertiary/aromatic N) is 1. The van der Waals surface area contributed by atoms with Crippen LogP contribution in [0.15, 0.2) is 18.6 Å². The molecular weight excluding hydrogens is 212 g/mol. The number of nitrogens with one attached hydrogen (secondary N) is 1. The summed E-state index contributed by atoms with van der Waals surface area (Å²) in [4.78, 5) is 6.02. The fourth-order valence-corrected chi connectivity index (χ4v) is 1.17. The van der Waals surface area contributed by atoms with Crippen molar-refractivity contribution in [3.8, 4) is 11.3 Å². The summed E-state index contributed by atoms with van der Waals surface area (Å²) in [5, 5.41) is 0. The molecule has 1 N–H and O–H groups in total. The number of imidazole rings is 1. The Morgan fingerprint density at radius 2 is 1.73 bits per heavy atom. The zero-order chi connectivity index (χ0) is 11.0. The normalized spacial score (nSPS) is 10.7. The minimum absolute atomic E-state index is 0.0744. The van der Waals surface area contributed by atoms with Crippen LogP contribution in [0.4, 0.5) is 17.6 Å². The summed E-state index contributed by atoms with van der Waals surface area (Å²) in [5.74, 6) is -6.55. The highest BCUT2D eigenvalue weighted by Gasteiger charge is 2.20. The number of benzene rings is 1. The largest absolute Gasteiger partial charge is 0.345 e. The van der Waals surface area contributed by atoms with Gasteiger partial charge in [0.05, 0.1) is 18.2 Å². The van der Waals surface area contributed by atoms with E-state index in [0.717, 1.165) is 0 Å². The second-order valence-corrected chi connectivity index (χ2v) is 2.81. The fourth-order valence-electron chi connectivity index (χ4n) is 1.17. The van der Waals surface area contributed by atoms with Gasteiger partial charge in [0.2, 0.25) is 0 Å². The molecule has 2 nitrogen and oxygen atoms in total. The van der Waals surface area contributed by atoms with E-state index in [1.807, 2.05) is 0 Å². The van der Waals surface area contributed by atoms with Crippen LogP contribution in [0, 0.1) is 23.3 Å². The van der Waals surface area contributed by atoms with E-state index in [1.54, 1.807) is 0 Å². The first-order valence-corrected chi connectivity index (χ1v) is 3.93. The predicted molar refractivity (Wildman–Crippen MR) is 43.9 cm³/mol. The van der Waals surface area contributed by atoms with E-state index in [9.17, 15) is 17.6 Å². The standard InChI is InChI=1S/C9H4F4N2/c10-5-1-4(6-2-14-3-15-6)7(11)9(13)8(5)12/h1-3H,(H,14,15). The summed E-state index contributed by atoms with van der Waals surface area (Å²) < 4.78 is 51.4. The second kappa shape index (κ2) is 3.38. The third kappa shape index (κ3) is 1.47. The van der Waals surface area contributed by atoms with Gasteiger partial charge in [0.15, 0.2) is 23.3 Å². The lowest BCUT2D eigenvalue weighted by molar-refractivity contribution is 0.410. The molecule has 0 saturated heterocycles. The van der Waals surface area contributed by atoms with Gasteiger partial charge in [-0.1, -0.05) is 0 Å². The maximum absolute atomic E-state index is 13.2. The Hall–Kier alpha value is -1.85. The minimum atomic E-state index is -1.83. The van der Waals surface area contributed by atoms with E-state index in [2.05, 4.69) is 9.97 Å². The van der Waals surface area contributed by atoms with Crippen LogP contribution >= 0.6 is 0 Å². The van der Waals surface area contributed by atoms with Crippen LogP contribution < -0.4 is 0 Å². The minimum Gasteiger partial charge on any atom is -0.345 e. The van der Waals surface area contributed by atoms with Crippen molar-refractivity contribution in [2.24, 2.45) is 0 Å². The van der Waals surface area contributed by atoms with Crippen molar-refractivity contribution < 1.29 is 17.6 Å². The summed E-state index contributed by atoms with van der Waals surface area (Å²) in [6.07, 6.45) is 2.39. The van der Waals surface area contributed by atoms with Gasteiger partial charge >= 0.3 is 0 Å². The fraction of sp³-hybridized carbons (Fsp3) is 0. The summed E-state index contributed by atoms with van der Waals surface area (Å²) in [6.45, 7) is 0. The van der Waals surface area contributed by atoms with Crippen LogP contribution in [0.2, 0.25) is 0 Å². The van der Waals surface area contributed by atoms with Gasteiger partial charge in [-0.3, -0.25) is 0 Å². The van der Waals surface area contributed by atoms with Crippen LogP contribution in [0.25, 0.3) is 11.3 Å². The van der Waals surface area contributed by atoms with E-state index in [-0.39, 0.29) is 5.69 Å². The number of aromatic amines is 1. The number of hydrogen-bond acceptors (Lipinski definition) is 1. The first-order valence-electron chi connectivity index (χ1n) is 3.93. The molecule has 1 aromatic carbocycles. The highest BCUT2D eigenvalue weighted by atomic mass is 19.2. The number of hydrogen-bond donors (Lipinski definition) is 1. The Bertz CT molecular complexity index is 493. The quantitative estimate of drug-likeness (QED) is 0.443. The lowest BCUT2D eigenvalue weighted by atomic mass is 10.1. The molecule has 0 bridgehead atoms. The predicted octanol–water partition coefficient (Wildman–Crippen LogP) is 2.63. The van der Waals surface area contributed by atoms with E-state index >= 15 is 0 Å². The summed E-state index contributed by atoms with van der Waals surface area (Å²) >= 11 is 0. The molecule has 0 aliphatic carbocycles. The van der Waals surface area contributed by atoms with Gasteiger partial charge < -0.3 is 4.98 Å². The molecular formula is C9H4F4N2. The van der Waals surface area contributed by atoms with Crippen LogP contribution in [0.1, 0.15) is 0 Å². The van der Waals surface area contributed by atoms with Crippen LogP contribution in [-0.4, -0.2) is 9.97 Å². The number of H-pyrrole nitrogens is 1. The van der Waals surface area contributed by atoms with Crippen molar-refractivity contribution in [3.63, 3.8) is 0 Å². The third-order valence-corrected chi connectivity index (χ3v) is 1.89. The Balaban J connectivity index is 2.69. The average Bonchev–Trinajstić information content (AvgIpc) is 2.73. The highest BCUT2D eigenvalue weighted by molar-refractivity contribution is 5.59. The molecule has 0 spiro atoms. The lowest BCUT2D eigenvalue weighted by Crippen LogP contribution is -1.98. The van der Waals surface area contributed by atoms with Gasteiger partial charge in [-0.25, -0.2) is 22.5 Å². The van der Waals surface area contributed by atoms with Crippen molar-refractivity contribution in [1.82, 2.24) is 9.97 Å². The maximum atomic E-state index is 13.2. The zero-order valence-electron chi connectivity index (χ0n) is 7.19. The summed E-state index contributed by atoms with van der Waals surface area (Å²) in [6, 6.07) is 0.571. The monoisotopic (exact) mass is 216 g/mol. The maximum Gasteiger partial charge on any atom is 0.198 e. The molecule has 2 aromatic rings. The van der Waals surface area contributed by atoms with Gasteiger partial charge in [-0.05, 0) is 6.07 Å². The van der Waals surface area contributed by atoms with Crippen LogP contribution in [0.5, 0.6) is 0 Å². The first-order chi connectivity index (χ1) is 7.11. The SMILES string of the molecule is Fc1cc(-c2cnc[nH]2)c(F)c(F)c1F. The van der Waals surface area contributed by atoms with E-state index in [4.69, 9.17) is 0 Å². The van der Waals surface area contributed by atoms with Crippen molar-refractivity contribution in [3.05, 3.63) is 41.9 Å². The Labute approximate surface area is 81.6 Å². The zero-order valence-corrected chi connectivity index (χ0v) is 7.19. The molecule has 0 atom stereocenters. The number of halogens is 4.